The molecular formula is C23H22N2O2S. The minimum Gasteiger partial charge on any atom is -0.317 e. The molecule has 0 saturated heterocycles. The van der Waals surface area contributed by atoms with Crippen molar-refractivity contribution in [2.24, 2.45) is 0 Å². The molecule has 3 aromatic carbocycles. The second-order valence-corrected chi connectivity index (χ2v) is 7.40. The van der Waals surface area contributed by atoms with Gasteiger partial charge in [0.15, 0.2) is 0 Å². The molecule has 0 saturated carbocycles. The maximum Gasteiger partial charge on any atom is 0.314 e. The highest BCUT2D eigenvalue weighted by Gasteiger charge is 2.18. The molecule has 0 spiro atoms. The zero-order chi connectivity index (χ0) is 19.9. The monoisotopic (exact) mass is 390 g/mol. The first kappa shape index (κ1) is 19.7. The van der Waals surface area contributed by atoms with Crippen LogP contribution in [0.2, 0.25) is 0 Å². The lowest BCUT2D eigenvalue weighted by Crippen LogP contribution is -2.30. The fourth-order valence-electron chi connectivity index (χ4n) is 2.83. The van der Waals surface area contributed by atoms with Crippen molar-refractivity contribution in [1.82, 2.24) is 0 Å². The number of carbonyl (C=O) groups excluding carboxylic acids is 2. The van der Waals surface area contributed by atoms with Crippen LogP contribution in [-0.4, -0.2) is 11.8 Å². The van der Waals surface area contributed by atoms with Gasteiger partial charge in [-0.05, 0) is 48.7 Å². The van der Waals surface area contributed by atoms with Crippen molar-refractivity contribution >= 4 is 35.0 Å². The van der Waals surface area contributed by atoms with Gasteiger partial charge in [-0.15, -0.1) is 0 Å². The number of anilines is 2. The second kappa shape index (κ2) is 9.24. The lowest BCUT2D eigenvalue weighted by molar-refractivity contribution is -0.133. The molecule has 0 bridgehead atoms. The van der Waals surface area contributed by atoms with Crippen LogP contribution in [0.3, 0.4) is 0 Å². The van der Waals surface area contributed by atoms with E-state index in [1.54, 1.807) is 6.07 Å². The van der Waals surface area contributed by atoms with Crippen molar-refractivity contribution in [3.05, 3.63) is 83.9 Å². The van der Waals surface area contributed by atoms with Gasteiger partial charge in [0.1, 0.15) is 0 Å². The van der Waals surface area contributed by atoms with Crippen molar-refractivity contribution in [3.8, 4) is 0 Å². The number of carbonyl (C=O) groups is 2. The summed E-state index contributed by atoms with van der Waals surface area (Å²) in [5.74, 6) is -1.37. The number of hydrogen-bond acceptors (Lipinski definition) is 3. The van der Waals surface area contributed by atoms with Crippen LogP contribution in [0.25, 0.3) is 0 Å². The van der Waals surface area contributed by atoms with Gasteiger partial charge < -0.3 is 10.6 Å². The quantitative estimate of drug-likeness (QED) is 0.582. The van der Waals surface area contributed by atoms with Crippen molar-refractivity contribution in [3.63, 3.8) is 0 Å². The Morgan fingerprint density at radius 3 is 2.25 bits per heavy atom. The molecule has 0 aliphatic heterocycles. The summed E-state index contributed by atoms with van der Waals surface area (Å²) in [4.78, 5) is 26.9. The van der Waals surface area contributed by atoms with Crippen LogP contribution in [0.15, 0.2) is 82.6 Å². The lowest BCUT2D eigenvalue weighted by atomic mass is 10.1. The van der Waals surface area contributed by atoms with E-state index in [1.807, 2.05) is 80.6 Å². The lowest BCUT2D eigenvalue weighted by Gasteiger charge is -2.14. The van der Waals surface area contributed by atoms with Gasteiger partial charge in [-0.25, -0.2) is 0 Å². The number of nitrogens with one attached hydrogen (secondary N) is 2. The fraction of sp³-hybridized carbons (Fsp3) is 0.130. The summed E-state index contributed by atoms with van der Waals surface area (Å²) in [7, 11) is 0. The molecule has 0 aromatic heterocycles. The van der Waals surface area contributed by atoms with Crippen LogP contribution in [0.1, 0.15) is 18.1 Å². The first-order chi connectivity index (χ1) is 13.6. The first-order valence-electron chi connectivity index (χ1n) is 9.11. The summed E-state index contributed by atoms with van der Waals surface area (Å²) >= 11 is 1.53. The molecule has 4 nitrogen and oxygen atoms in total. The second-order valence-electron chi connectivity index (χ2n) is 6.28. The van der Waals surface area contributed by atoms with Crippen LogP contribution in [-0.2, 0) is 16.0 Å². The van der Waals surface area contributed by atoms with Crippen LogP contribution in [0.5, 0.6) is 0 Å². The third kappa shape index (κ3) is 4.81. The average molecular weight is 391 g/mol. The molecule has 0 unspecified atom stereocenters. The third-order valence-electron chi connectivity index (χ3n) is 4.29. The zero-order valence-electron chi connectivity index (χ0n) is 15.9. The number of aryl methyl sites for hydroxylation is 2. The molecule has 3 aromatic rings. The molecule has 0 aliphatic rings. The highest BCUT2D eigenvalue weighted by Crippen LogP contribution is 2.33. The van der Waals surface area contributed by atoms with E-state index >= 15 is 0 Å². The first-order valence-corrected chi connectivity index (χ1v) is 9.93. The predicted molar refractivity (Wildman–Crippen MR) is 115 cm³/mol. The minimum atomic E-state index is -0.689. The molecule has 0 heterocycles. The summed E-state index contributed by atoms with van der Waals surface area (Å²) in [5.41, 5.74) is 3.25. The zero-order valence-corrected chi connectivity index (χ0v) is 16.7. The smallest absolute Gasteiger partial charge is 0.314 e. The highest BCUT2D eigenvalue weighted by molar-refractivity contribution is 7.99. The van der Waals surface area contributed by atoms with E-state index in [9.17, 15) is 9.59 Å². The Morgan fingerprint density at radius 1 is 0.821 bits per heavy atom. The Bertz CT molecular complexity index is 987. The molecule has 2 N–H and O–H groups in total. The molecule has 28 heavy (non-hydrogen) atoms. The summed E-state index contributed by atoms with van der Waals surface area (Å²) in [5, 5.41) is 5.50. The molecule has 0 fully saturated rings. The number of benzene rings is 3. The number of hydrogen-bond donors (Lipinski definition) is 2. The van der Waals surface area contributed by atoms with E-state index in [0.717, 1.165) is 27.3 Å². The number of rotatable bonds is 5. The minimum absolute atomic E-state index is 0.608. The Hall–Kier alpha value is -3.05. The molecular weight excluding hydrogens is 368 g/mol. The SMILES string of the molecule is CCc1cccc(C)c1NC(=O)C(=O)Nc1ccccc1Sc1ccccc1. The van der Waals surface area contributed by atoms with Crippen molar-refractivity contribution in [2.45, 2.75) is 30.1 Å². The van der Waals surface area contributed by atoms with Gasteiger partial charge in [0.25, 0.3) is 0 Å². The van der Waals surface area contributed by atoms with Gasteiger partial charge in [0.05, 0.1) is 5.69 Å². The molecule has 0 aliphatic carbocycles. The molecule has 0 radical (unpaired) electrons. The predicted octanol–water partition coefficient (Wildman–Crippen LogP) is 5.29. The van der Waals surface area contributed by atoms with Crippen molar-refractivity contribution in [2.75, 3.05) is 10.6 Å². The summed E-state index contributed by atoms with van der Waals surface area (Å²) in [6, 6.07) is 23.1. The Morgan fingerprint density at radius 2 is 1.50 bits per heavy atom. The third-order valence-corrected chi connectivity index (χ3v) is 5.37. The summed E-state index contributed by atoms with van der Waals surface area (Å²) in [6.07, 6.45) is 0.773. The molecule has 5 heteroatoms. The van der Waals surface area contributed by atoms with Gasteiger partial charge >= 0.3 is 11.8 Å². The highest BCUT2D eigenvalue weighted by atomic mass is 32.2. The van der Waals surface area contributed by atoms with E-state index in [1.165, 1.54) is 11.8 Å². The van der Waals surface area contributed by atoms with Crippen LogP contribution in [0, 0.1) is 6.92 Å². The van der Waals surface area contributed by atoms with Gasteiger partial charge in [-0.2, -0.15) is 0 Å². The van der Waals surface area contributed by atoms with Crippen LogP contribution < -0.4 is 10.6 Å². The van der Waals surface area contributed by atoms with Gasteiger partial charge in [0, 0.05) is 15.5 Å². The van der Waals surface area contributed by atoms with E-state index < -0.39 is 11.8 Å². The van der Waals surface area contributed by atoms with Crippen LogP contribution >= 0.6 is 11.8 Å². The molecule has 0 atom stereocenters. The number of para-hydroxylation sites is 2. The average Bonchev–Trinajstić information content (AvgIpc) is 2.71. The van der Waals surface area contributed by atoms with Crippen molar-refractivity contribution < 1.29 is 9.59 Å². The van der Waals surface area contributed by atoms with Crippen molar-refractivity contribution in [1.29, 1.82) is 0 Å². The molecule has 2 amide bonds. The maximum atomic E-state index is 12.5. The molecule has 3 rings (SSSR count). The maximum absolute atomic E-state index is 12.5. The van der Waals surface area contributed by atoms with Gasteiger partial charge in [-0.1, -0.05) is 67.2 Å². The summed E-state index contributed by atoms with van der Waals surface area (Å²) in [6.45, 7) is 3.93. The van der Waals surface area contributed by atoms with E-state index in [4.69, 9.17) is 0 Å². The normalized spacial score (nSPS) is 10.4. The van der Waals surface area contributed by atoms with E-state index in [-0.39, 0.29) is 0 Å². The molecule has 142 valence electrons. The standard InChI is InChI=1S/C23H22N2O2S/c1-3-17-11-9-10-16(2)21(17)25-23(27)22(26)24-19-14-7-8-15-20(19)28-18-12-5-4-6-13-18/h4-15H,3H2,1-2H3,(H,24,26)(H,25,27). The Labute approximate surface area is 169 Å². The fourth-order valence-corrected chi connectivity index (χ4v) is 3.75. The van der Waals surface area contributed by atoms with Crippen LogP contribution in [0.4, 0.5) is 11.4 Å². The largest absolute Gasteiger partial charge is 0.317 e. The Kier molecular flexibility index (Phi) is 6.50. The van der Waals surface area contributed by atoms with Gasteiger partial charge in [0.2, 0.25) is 0 Å². The van der Waals surface area contributed by atoms with Gasteiger partial charge in [-0.3, -0.25) is 9.59 Å². The summed E-state index contributed by atoms with van der Waals surface area (Å²) < 4.78 is 0. The number of amides is 2. The Balaban J connectivity index is 1.74. The van der Waals surface area contributed by atoms with E-state index in [2.05, 4.69) is 10.6 Å². The topological polar surface area (TPSA) is 58.2 Å². The van der Waals surface area contributed by atoms with E-state index in [0.29, 0.717) is 11.4 Å².